The van der Waals surface area contributed by atoms with E-state index in [1.54, 1.807) is 0 Å². The fourth-order valence-electron chi connectivity index (χ4n) is 2.66. The highest BCUT2D eigenvalue weighted by molar-refractivity contribution is 5.32. The Labute approximate surface area is 141 Å². The summed E-state index contributed by atoms with van der Waals surface area (Å²) in [5.41, 5.74) is -0.345. The minimum atomic E-state index is -0.176. The maximum absolute atomic E-state index is 6.18. The molecule has 0 spiro atoms. The number of benzene rings is 1. The van der Waals surface area contributed by atoms with Crippen LogP contribution in [-0.2, 0) is 0 Å². The normalized spacial score (nSPS) is 17.1. The second-order valence-corrected chi connectivity index (χ2v) is 7.89. The SMILES string of the molecule is CC(C)(C)Oc1ccc(OC(C)(C)CCN2CCNCC2)cc1. The fourth-order valence-corrected chi connectivity index (χ4v) is 2.66. The van der Waals surface area contributed by atoms with Gasteiger partial charge >= 0.3 is 0 Å². The van der Waals surface area contributed by atoms with E-state index in [9.17, 15) is 0 Å². The van der Waals surface area contributed by atoms with Crippen LogP contribution < -0.4 is 14.8 Å². The Morgan fingerprint density at radius 1 is 0.913 bits per heavy atom. The minimum absolute atomic E-state index is 0.169. The summed E-state index contributed by atoms with van der Waals surface area (Å²) in [5, 5.41) is 3.39. The largest absolute Gasteiger partial charge is 0.488 e. The molecule has 1 fully saturated rings. The monoisotopic (exact) mass is 320 g/mol. The van der Waals surface area contributed by atoms with Crippen molar-refractivity contribution in [3.63, 3.8) is 0 Å². The summed E-state index contributed by atoms with van der Waals surface area (Å²) in [6.07, 6.45) is 1.02. The molecule has 23 heavy (non-hydrogen) atoms. The molecule has 0 saturated carbocycles. The van der Waals surface area contributed by atoms with Crippen LogP contribution in [0.1, 0.15) is 41.0 Å². The van der Waals surface area contributed by atoms with E-state index in [1.165, 1.54) is 0 Å². The number of hydrogen-bond acceptors (Lipinski definition) is 4. The van der Waals surface area contributed by atoms with E-state index < -0.39 is 0 Å². The Morgan fingerprint density at radius 2 is 1.43 bits per heavy atom. The van der Waals surface area contributed by atoms with Crippen LogP contribution in [0.15, 0.2) is 24.3 Å². The maximum Gasteiger partial charge on any atom is 0.120 e. The first-order valence-corrected chi connectivity index (χ1v) is 8.65. The highest BCUT2D eigenvalue weighted by Crippen LogP contribution is 2.25. The first-order valence-electron chi connectivity index (χ1n) is 8.65. The molecule has 0 radical (unpaired) electrons. The van der Waals surface area contributed by atoms with Crippen molar-refractivity contribution in [1.29, 1.82) is 0 Å². The van der Waals surface area contributed by atoms with Gasteiger partial charge < -0.3 is 19.7 Å². The number of rotatable bonds is 6. The average Bonchev–Trinajstić information content (AvgIpc) is 2.47. The third kappa shape index (κ3) is 6.80. The second-order valence-electron chi connectivity index (χ2n) is 7.89. The van der Waals surface area contributed by atoms with Crippen molar-refractivity contribution in [1.82, 2.24) is 10.2 Å². The Bertz CT molecular complexity index is 471. The molecule has 1 N–H and O–H groups in total. The van der Waals surface area contributed by atoms with Gasteiger partial charge in [-0.2, -0.15) is 0 Å². The maximum atomic E-state index is 6.18. The van der Waals surface area contributed by atoms with Crippen molar-refractivity contribution < 1.29 is 9.47 Å². The van der Waals surface area contributed by atoms with Crippen LogP contribution in [0.4, 0.5) is 0 Å². The summed E-state index contributed by atoms with van der Waals surface area (Å²) in [6.45, 7) is 16.0. The summed E-state index contributed by atoms with van der Waals surface area (Å²) in [6, 6.07) is 7.95. The summed E-state index contributed by atoms with van der Waals surface area (Å²) < 4.78 is 12.0. The van der Waals surface area contributed by atoms with E-state index in [2.05, 4.69) is 44.8 Å². The van der Waals surface area contributed by atoms with Crippen molar-refractivity contribution >= 4 is 0 Å². The van der Waals surface area contributed by atoms with E-state index in [4.69, 9.17) is 9.47 Å². The van der Waals surface area contributed by atoms with Gasteiger partial charge in [-0.15, -0.1) is 0 Å². The highest BCUT2D eigenvalue weighted by atomic mass is 16.5. The lowest BCUT2D eigenvalue weighted by Gasteiger charge is -2.32. The molecule has 1 heterocycles. The van der Waals surface area contributed by atoms with Gasteiger partial charge in [0.25, 0.3) is 0 Å². The van der Waals surface area contributed by atoms with Gasteiger partial charge in [-0.3, -0.25) is 0 Å². The molecular weight excluding hydrogens is 288 g/mol. The molecule has 0 aliphatic carbocycles. The third-order valence-corrected chi connectivity index (χ3v) is 3.88. The van der Waals surface area contributed by atoms with Crippen molar-refractivity contribution in [3.05, 3.63) is 24.3 Å². The zero-order chi connectivity index (χ0) is 16.9. The number of nitrogens with zero attached hydrogens (tertiary/aromatic N) is 1. The van der Waals surface area contributed by atoms with Crippen molar-refractivity contribution in [3.8, 4) is 11.5 Å². The van der Waals surface area contributed by atoms with Gasteiger partial charge in [-0.1, -0.05) is 0 Å². The minimum Gasteiger partial charge on any atom is -0.488 e. The van der Waals surface area contributed by atoms with E-state index >= 15 is 0 Å². The summed E-state index contributed by atoms with van der Waals surface area (Å²) in [5.74, 6) is 1.78. The first-order chi connectivity index (χ1) is 10.7. The molecule has 4 nitrogen and oxygen atoms in total. The lowest BCUT2D eigenvalue weighted by molar-refractivity contribution is 0.0804. The van der Waals surface area contributed by atoms with Gasteiger partial charge in [0.15, 0.2) is 0 Å². The molecule has 1 aromatic rings. The predicted octanol–water partition coefficient (Wildman–Crippen LogP) is 3.32. The number of ether oxygens (including phenoxy) is 2. The average molecular weight is 320 g/mol. The van der Waals surface area contributed by atoms with Gasteiger partial charge in [-0.05, 0) is 65.3 Å². The molecule has 130 valence electrons. The van der Waals surface area contributed by atoms with Gasteiger partial charge in [0.05, 0.1) is 0 Å². The van der Waals surface area contributed by atoms with Gasteiger partial charge in [0.1, 0.15) is 22.7 Å². The topological polar surface area (TPSA) is 33.7 Å². The highest BCUT2D eigenvalue weighted by Gasteiger charge is 2.22. The van der Waals surface area contributed by atoms with Crippen LogP contribution in [0, 0.1) is 0 Å². The fraction of sp³-hybridized carbons (Fsp3) is 0.684. The zero-order valence-electron chi connectivity index (χ0n) is 15.3. The molecule has 4 heteroatoms. The Kier molecular flexibility index (Phi) is 5.93. The zero-order valence-corrected chi connectivity index (χ0v) is 15.3. The molecule has 2 rings (SSSR count). The Balaban J connectivity index is 1.84. The predicted molar refractivity (Wildman–Crippen MR) is 95.5 cm³/mol. The van der Waals surface area contributed by atoms with Crippen molar-refractivity contribution in [2.24, 2.45) is 0 Å². The number of hydrogen-bond donors (Lipinski definition) is 1. The van der Waals surface area contributed by atoms with E-state index in [1.807, 2.05) is 24.3 Å². The van der Waals surface area contributed by atoms with E-state index in [0.29, 0.717) is 0 Å². The Morgan fingerprint density at radius 3 is 1.96 bits per heavy atom. The molecule has 0 aromatic heterocycles. The molecular formula is C19H32N2O2. The van der Waals surface area contributed by atoms with Crippen LogP contribution in [0.5, 0.6) is 11.5 Å². The lowest BCUT2D eigenvalue weighted by Crippen LogP contribution is -2.45. The van der Waals surface area contributed by atoms with Gasteiger partial charge in [0.2, 0.25) is 0 Å². The van der Waals surface area contributed by atoms with E-state index in [0.717, 1.165) is 50.6 Å². The second kappa shape index (κ2) is 7.54. The van der Waals surface area contributed by atoms with Crippen molar-refractivity contribution in [2.75, 3.05) is 32.7 Å². The molecule has 0 unspecified atom stereocenters. The molecule has 1 saturated heterocycles. The van der Waals surface area contributed by atoms with Gasteiger partial charge in [0, 0.05) is 32.7 Å². The summed E-state index contributed by atoms with van der Waals surface area (Å²) >= 11 is 0. The molecule has 1 aromatic carbocycles. The number of piperazine rings is 1. The number of nitrogens with one attached hydrogen (secondary N) is 1. The first kappa shape index (κ1) is 18.1. The molecule has 1 aliphatic rings. The van der Waals surface area contributed by atoms with Crippen molar-refractivity contribution in [2.45, 2.75) is 52.2 Å². The standard InChI is InChI=1S/C19H32N2O2/c1-18(2,3)22-16-6-8-17(9-7-16)23-19(4,5)10-13-21-14-11-20-12-15-21/h6-9,20H,10-15H2,1-5H3. The lowest BCUT2D eigenvalue weighted by atomic mass is 10.0. The summed E-state index contributed by atoms with van der Waals surface area (Å²) in [4.78, 5) is 2.50. The van der Waals surface area contributed by atoms with Crippen LogP contribution in [-0.4, -0.2) is 48.8 Å². The van der Waals surface area contributed by atoms with E-state index in [-0.39, 0.29) is 11.2 Å². The smallest absolute Gasteiger partial charge is 0.120 e. The Hall–Kier alpha value is -1.26. The summed E-state index contributed by atoms with van der Waals surface area (Å²) in [7, 11) is 0. The quantitative estimate of drug-likeness (QED) is 0.872. The third-order valence-electron chi connectivity index (χ3n) is 3.88. The van der Waals surface area contributed by atoms with Crippen LogP contribution in [0.3, 0.4) is 0 Å². The molecule has 0 amide bonds. The molecule has 1 aliphatic heterocycles. The van der Waals surface area contributed by atoms with Crippen LogP contribution >= 0.6 is 0 Å². The van der Waals surface area contributed by atoms with Gasteiger partial charge in [-0.25, -0.2) is 0 Å². The van der Waals surface area contributed by atoms with Crippen LogP contribution in [0.25, 0.3) is 0 Å². The molecule has 0 bridgehead atoms. The molecule has 0 atom stereocenters. The van der Waals surface area contributed by atoms with Crippen LogP contribution in [0.2, 0.25) is 0 Å².